The minimum atomic E-state index is -0.358. The summed E-state index contributed by atoms with van der Waals surface area (Å²) in [6.45, 7) is 2.83. The molecule has 1 N–H and O–H groups in total. The molecule has 0 aliphatic carbocycles. The number of phenols is 1. The lowest BCUT2D eigenvalue weighted by molar-refractivity contribution is 0.214. The Labute approximate surface area is 113 Å². The number of fused-ring (bicyclic) bond motifs is 2. The van der Waals surface area contributed by atoms with Crippen LogP contribution in [-0.4, -0.2) is 47.1 Å². The van der Waals surface area contributed by atoms with E-state index >= 15 is 0 Å². The number of hydrogen-bond donors (Lipinski definition) is 1. The Morgan fingerprint density at radius 3 is 2.79 bits per heavy atom. The molecule has 0 saturated carbocycles. The van der Waals surface area contributed by atoms with Crippen LogP contribution >= 0.6 is 0 Å². The first kappa shape index (κ1) is 12.9. The first-order valence-corrected chi connectivity index (χ1v) is 7.04. The highest BCUT2D eigenvalue weighted by molar-refractivity contribution is 5.28. The Morgan fingerprint density at radius 1 is 1.21 bits per heavy atom. The quantitative estimate of drug-likeness (QED) is 0.887. The van der Waals surface area contributed by atoms with Crippen molar-refractivity contribution in [2.24, 2.45) is 0 Å². The van der Waals surface area contributed by atoms with E-state index in [1.54, 1.807) is 6.07 Å². The molecule has 104 valence electrons. The van der Waals surface area contributed by atoms with E-state index in [0.29, 0.717) is 6.04 Å². The molecule has 2 fully saturated rings. The van der Waals surface area contributed by atoms with Gasteiger partial charge in [-0.2, -0.15) is 0 Å². The third-order valence-electron chi connectivity index (χ3n) is 4.58. The molecule has 2 heterocycles. The van der Waals surface area contributed by atoms with E-state index in [4.69, 9.17) is 0 Å². The maximum atomic E-state index is 13.3. The van der Waals surface area contributed by atoms with Gasteiger partial charge in [0.25, 0.3) is 0 Å². The molecule has 1 aromatic carbocycles. The second kappa shape index (κ2) is 5.10. The Balaban J connectivity index is 1.70. The predicted octanol–water partition coefficient (Wildman–Crippen LogP) is 2.20. The van der Waals surface area contributed by atoms with Gasteiger partial charge in [0.2, 0.25) is 0 Å². The van der Waals surface area contributed by atoms with Crippen LogP contribution in [0.2, 0.25) is 0 Å². The van der Waals surface area contributed by atoms with Crippen LogP contribution in [0.1, 0.15) is 24.8 Å². The van der Waals surface area contributed by atoms with Gasteiger partial charge in [-0.15, -0.1) is 0 Å². The standard InChI is InChI=1S/C15H21FN2O/c1-17-13-2-3-14(17)10-18(5-4-13)9-11-6-12(16)8-15(19)7-11/h6-8,13-14,19H,2-5,9-10H2,1H3. The smallest absolute Gasteiger partial charge is 0.127 e. The van der Waals surface area contributed by atoms with Crippen LogP contribution in [0.3, 0.4) is 0 Å². The van der Waals surface area contributed by atoms with Crippen molar-refractivity contribution >= 4 is 0 Å². The second-order valence-electron chi connectivity index (χ2n) is 5.89. The molecule has 0 amide bonds. The summed E-state index contributed by atoms with van der Waals surface area (Å²) in [5.41, 5.74) is 0.859. The number of rotatable bonds is 2. The van der Waals surface area contributed by atoms with Gasteiger partial charge < -0.3 is 5.11 Å². The number of benzene rings is 1. The highest BCUT2D eigenvalue weighted by Gasteiger charge is 2.34. The highest BCUT2D eigenvalue weighted by atomic mass is 19.1. The zero-order valence-electron chi connectivity index (χ0n) is 11.3. The van der Waals surface area contributed by atoms with Crippen LogP contribution in [-0.2, 0) is 6.54 Å². The molecule has 19 heavy (non-hydrogen) atoms. The fraction of sp³-hybridized carbons (Fsp3) is 0.600. The molecular weight excluding hydrogens is 243 g/mol. The number of likely N-dealkylation sites (tertiary alicyclic amines) is 1. The molecule has 2 aliphatic rings. The second-order valence-corrected chi connectivity index (χ2v) is 5.89. The van der Waals surface area contributed by atoms with Gasteiger partial charge in [0.05, 0.1) is 0 Å². The summed E-state index contributed by atoms with van der Waals surface area (Å²) in [4.78, 5) is 4.89. The van der Waals surface area contributed by atoms with Crippen LogP contribution in [0.4, 0.5) is 4.39 Å². The maximum absolute atomic E-state index is 13.3. The molecule has 2 unspecified atom stereocenters. The van der Waals surface area contributed by atoms with Gasteiger partial charge in [-0.1, -0.05) is 0 Å². The third kappa shape index (κ3) is 2.74. The summed E-state index contributed by atoms with van der Waals surface area (Å²) in [7, 11) is 2.22. The van der Waals surface area contributed by atoms with E-state index < -0.39 is 0 Å². The number of likely N-dealkylation sites (N-methyl/N-ethyl adjacent to an activating group) is 1. The number of hydrogen-bond acceptors (Lipinski definition) is 3. The van der Waals surface area contributed by atoms with E-state index in [0.717, 1.165) is 37.3 Å². The van der Waals surface area contributed by atoms with Gasteiger partial charge in [0.1, 0.15) is 11.6 Å². The topological polar surface area (TPSA) is 26.7 Å². The Hall–Kier alpha value is -1.13. The Bertz CT molecular complexity index is 445. The SMILES string of the molecule is CN1C2CCC1CN(Cc1cc(O)cc(F)c1)CC2. The lowest BCUT2D eigenvalue weighted by atomic mass is 10.1. The van der Waals surface area contributed by atoms with Gasteiger partial charge in [0.15, 0.2) is 0 Å². The maximum Gasteiger partial charge on any atom is 0.127 e. The summed E-state index contributed by atoms with van der Waals surface area (Å²) >= 11 is 0. The van der Waals surface area contributed by atoms with Crippen molar-refractivity contribution in [3.63, 3.8) is 0 Å². The molecule has 0 radical (unpaired) electrons. The van der Waals surface area contributed by atoms with Crippen LogP contribution in [0.15, 0.2) is 18.2 Å². The lowest BCUT2D eigenvalue weighted by Crippen LogP contribution is -2.36. The molecular formula is C15H21FN2O. The molecule has 1 aromatic rings. The normalized spacial score (nSPS) is 28.5. The fourth-order valence-electron chi connectivity index (χ4n) is 3.51. The molecule has 0 aromatic heterocycles. The van der Waals surface area contributed by atoms with E-state index in [1.807, 2.05) is 0 Å². The predicted molar refractivity (Wildman–Crippen MR) is 72.5 cm³/mol. The first-order valence-electron chi connectivity index (χ1n) is 7.04. The van der Waals surface area contributed by atoms with Gasteiger partial charge in [-0.05, 0) is 44.0 Å². The summed E-state index contributed by atoms with van der Waals surface area (Å²) in [6, 6.07) is 5.69. The van der Waals surface area contributed by atoms with Crippen molar-refractivity contribution in [1.29, 1.82) is 0 Å². The largest absolute Gasteiger partial charge is 0.508 e. The van der Waals surface area contributed by atoms with Gasteiger partial charge in [0, 0.05) is 37.8 Å². The van der Waals surface area contributed by atoms with Crippen LogP contribution < -0.4 is 0 Å². The Kier molecular flexibility index (Phi) is 3.46. The van der Waals surface area contributed by atoms with Crippen LogP contribution in [0, 0.1) is 5.82 Å². The number of halogens is 1. The highest BCUT2D eigenvalue weighted by Crippen LogP contribution is 2.29. The van der Waals surface area contributed by atoms with E-state index in [2.05, 4.69) is 16.8 Å². The lowest BCUT2D eigenvalue weighted by Gasteiger charge is -2.25. The molecule has 3 nitrogen and oxygen atoms in total. The minimum absolute atomic E-state index is 0.0171. The summed E-state index contributed by atoms with van der Waals surface area (Å²) < 4.78 is 13.3. The molecule has 2 atom stereocenters. The van der Waals surface area contributed by atoms with Crippen molar-refractivity contribution in [3.05, 3.63) is 29.6 Å². The van der Waals surface area contributed by atoms with Crippen LogP contribution in [0.25, 0.3) is 0 Å². The van der Waals surface area contributed by atoms with Crippen molar-refractivity contribution in [1.82, 2.24) is 9.80 Å². The number of phenolic OH excluding ortho intramolecular Hbond substituents is 1. The molecule has 3 rings (SSSR count). The molecule has 4 heteroatoms. The summed E-state index contributed by atoms with van der Waals surface area (Å²) in [5.74, 6) is -0.341. The number of aromatic hydroxyl groups is 1. The molecule has 2 aliphatic heterocycles. The average Bonchev–Trinajstić information content (AvgIpc) is 2.56. The number of nitrogens with zero attached hydrogens (tertiary/aromatic N) is 2. The van der Waals surface area contributed by atoms with E-state index in [1.165, 1.54) is 25.3 Å². The van der Waals surface area contributed by atoms with E-state index in [9.17, 15) is 9.50 Å². The third-order valence-corrected chi connectivity index (χ3v) is 4.58. The monoisotopic (exact) mass is 264 g/mol. The average molecular weight is 264 g/mol. The molecule has 0 spiro atoms. The van der Waals surface area contributed by atoms with Crippen molar-refractivity contribution < 1.29 is 9.50 Å². The summed E-state index contributed by atoms with van der Waals surface area (Å²) in [6.07, 6.45) is 3.77. The van der Waals surface area contributed by atoms with Crippen LogP contribution in [0.5, 0.6) is 5.75 Å². The molecule has 2 saturated heterocycles. The Morgan fingerprint density at radius 2 is 2.00 bits per heavy atom. The fourth-order valence-corrected chi connectivity index (χ4v) is 3.51. The van der Waals surface area contributed by atoms with Gasteiger partial charge in [-0.3, -0.25) is 9.80 Å². The van der Waals surface area contributed by atoms with Crippen molar-refractivity contribution in [3.8, 4) is 5.75 Å². The molecule has 2 bridgehead atoms. The summed E-state index contributed by atoms with van der Waals surface area (Å²) in [5, 5.41) is 9.46. The van der Waals surface area contributed by atoms with Crippen molar-refractivity contribution in [2.75, 3.05) is 20.1 Å². The van der Waals surface area contributed by atoms with Gasteiger partial charge >= 0.3 is 0 Å². The van der Waals surface area contributed by atoms with E-state index in [-0.39, 0.29) is 11.6 Å². The van der Waals surface area contributed by atoms with Gasteiger partial charge in [-0.25, -0.2) is 4.39 Å². The zero-order chi connectivity index (χ0) is 13.4. The van der Waals surface area contributed by atoms with Crippen molar-refractivity contribution in [2.45, 2.75) is 37.9 Å². The zero-order valence-corrected chi connectivity index (χ0v) is 11.3. The first-order chi connectivity index (χ1) is 9.11. The minimum Gasteiger partial charge on any atom is -0.508 e.